The minimum atomic E-state index is -0.365. The van der Waals surface area contributed by atoms with Crippen molar-refractivity contribution in [2.24, 2.45) is 0 Å². The molecule has 0 atom stereocenters. The van der Waals surface area contributed by atoms with Crippen molar-refractivity contribution < 1.29 is 9.50 Å². The third kappa shape index (κ3) is 3.89. The molecular weight excluding hydrogens is 269 g/mol. The zero-order valence-electron chi connectivity index (χ0n) is 12.7. The predicted molar refractivity (Wildman–Crippen MR) is 80.2 cm³/mol. The van der Waals surface area contributed by atoms with E-state index in [2.05, 4.69) is 36.3 Å². The van der Waals surface area contributed by atoms with Crippen LogP contribution in [0.2, 0.25) is 0 Å². The number of halogens is 1. The van der Waals surface area contributed by atoms with Gasteiger partial charge >= 0.3 is 0 Å². The zero-order chi connectivity index (χ0) is 15.5. The molecule has 0 aliphatic rings. The van der Waals surface area contributed by atoms with Gasteiger partial charge in [-0.3, -0.25) is 5.10 Å². The van der Waals surface area contributed by atoms with Crippen molar-refractivity contribution in [3.8, 4) is 0 Å². The quantitative estimate of drug-likeness (QED) is 0.793. The van der Waals surface area contributed by atoms with Crippen LogP contribution in [0.15, 0.2) is 24.4 Å². The van der Waals surface area contributed by atoms with Crippen molar-refractivity contribution in [3.05, 3.63) is 52.6 Å². The molecule has 0 bridgehead atoms. The van der Waals surface area contributed by atoms with Crippen LogP contribution in [0.5, 0.6) is 0 Å². The predicted octanol–water partition coefficient (Wildman–Crippen LogP) is 2.63. The molecule has 3 N–H and O–H groups in total. The van der Waals surface area contributed by atoms with Crippen LogP contribution >= 0.6 is 0 Å². The smallest absolute Gasteiger partial charge is 0.129 e. The third-order valence-electron chi connectivity index (χ3n) is 3.40. The Morgan fingerprint density at radius 2 is 2.00 bits per heavy atom. The maximum atomic E-state index is 13.6. The number of hydrogen-bond donors (Lipinski definition) is 3. The molecule has 0 unspecified atom stereocenters. The highest BCUT2D eigenvalue weighted by Crippen LogP contribution is 2.23. The molecule has 0 spiro atoms. The van der Waals surface area contributed by atoms with E-state index in [0.717, 1.165) is 16.8 Å². The van der Waals surface area contributed by atoms with E-state index in [1.54, 1.807) is 6.07 Å². The summed E-state index contributed by atoms with van der Waals surface area (Å²) in [5.74, 6) is -0.365. The molecular formula is C16H22FN3O. The van der Waals surface area contributed by atoms with Gasteiger partial charge in [-0.25, -0.2) is 4.39 Å². The third-order valence-corrected chi connectivity index (χ3v) is 3.40. The second kappa shape index (κ2) is 6.37. The number of aromatic amines is 1. The highest BCUT2D eigenvalue weighted by Gasteiger charge is 2.19. The Morgan fingerprint density at radius 1 is 1.24 bits per heavy atom. The molecule has 1 heterocycles. The van der Waals surface area contributed by atoms with E-state index in [9.17, 15) is 4.39 Å². The molecule has 0 saturated heterocycles. The van der Waals surface area contributed by atoms with Gasteiger partial charge in [0.15, 0.2) is 0 Å². The van der Waals surface area contributed by atoms with Crippen LogP contribution in [0, 0.1) is 5.82 Å². The van der Waals surface area contributed by atoms with Gasteiger partial charge in [0.25, 0.3) is 0 Å². The molecule has 0 aliphatic carbocycles. The van der Waals surface area contributed by atoms with Crippen LogP contribution in [0.4, 0.5) is 4.39 Å². The van der Waals surface area contributed by atoms with E-state index in [0.29, 0.717) is 18.7 Å². The van der Waals surface area contributed by atoms with E-state index in [1.807, 2.05) is 12.3 Å². The summed E-state index contributed by atoms with van der Waals surface area (Å²) in [6, 6.07) is 4.89. The van der Waals surface area contributed by atoms with Crippen LogP contribution in [-0.4, -0.2) is 15.3 Å². The summed E-state index contributed by atoms with van der Waals surface area (Å²) in [4.78, 5) is 0. The molecule has 114 valence electrons. The fraction of sp³-hybridized carbons (Fsp3) is 0.438. The summed E-state index contributed by atoms with van der Waals surface area (Å²) < 4.78 is 13.6. The van der Waals surface area contributed by atoms with Gasteiger partial charge in [-0.15, -0.1) is 0 Å². The lowest BCUT2D eigenvalue weighted by molar-refractivity contribution is 0.275. The highest BCUT2D eigenvalue weighted by molar-refractivity contribution is 5.25. The fourth-order valence-corrected chi connectivity index (χ4v) is 2.27. The molecule has 0 fully saturated rings. The number of aliphatic hydroxyl groups excluding tert-OH is 1. The number of nitrogens with zero attached hydrogens (tertiary/aromatic N) is 1. The SMILES string of the molecule is CC(C)(C)c1[nH]ncc1CNCc1ccc(CO)c(F)c1. The molecule has 2 aromatic rings. The van der Waals surface area contributed by atoms with Gasteiger partial charge in [-0.2, -0.15) is 5.10 Å². The number of nitrogens with one attached hydrogen (secondary N) is 2. The standard InChI is InChI=1S/C16H22FN3O/c1-16(2,3)15-13(9-19-20-15)8-18-7-11-4-5-12(10-21)14(17)6-11/h4-6,9,18,21H,7-8,10H2,1-3H3,(H,19,20). The van der Waals surface area contributed by atoms with Crippen LogP contribution in [0.3, 0.4) is 0 Å². The second-order valence-corrected chi connectivity index (χ2v) is 6.21. The van der Waals surface area contributed by atoms with Crippen molar-refractivity contribution in [3.63, 3.8) is 0 Å². The van der Waals surface area contributed by atoms with Gasteiger partial charge in [0.05, 0.1) is 12.8 Å². The van der Waals surface area contributed by atoms with Crippen LogP contribution in [0.1, 0.15) is 43.2 Å². The van der Waals surface area contributed by atoms with Crippen LogP contribution in [-0.2, 0) is 25.1 Å². The normalized spacial score (nSPS) is 11.9. The Hall–Kier alpha value is -1.72. The second-order valence-electron chi connectivity index (χ2n) is 6.21. The minimum absolute atomic E-state index is 0.0163. The Balaban J connectivity index is 1.96. The molecule has 0 saturated carbocycles. The summed E-state index contributed by atoms with van der Waals surface area (Å²) in [6.45, 7) is 7.36. The summed E-state index contributed by atoms with van der Waals surface area (Å²) >= 11 is 0. The molecule has 1 aromatic carbocycles. The molecule has 0 amide bonds. The number of H-pyrrole nitrogens is 1. The Bertz CT molecular complexity index is 602. The van der Waals surface area contributed by atoms with Crippen LogP contribution < -0.4 is 5.32 Å². The summed E-state index contributed by atoms with van der Waals surface area (Å²) in [5.41, 5.74) is 3.42. The van der Waals surface area contributed by atoms with Gasteiger partial charge in [0.1, 0.15) is 5.82 Å². The van der Waals surface area contributed by atoms with Crippen LogP contribution in [0.25, 0.3) is 0 Å². The summed E-state index contributed by atoms with van der Waals surface area (Å²) in [7, 11) is 0. The van der Waals surface area contributed by atoms with Gasteiger partial charge in [0.2, 0.25) is 0 Å². The number of aromatic nitrogens is 2. The van der Waals surface area contributed by atoms with Crippen molar-refractivity contribution in [1.29, 1.82) is 0 Å². The first-order valence-corrected chi connectivity index (χ1v) is 7.03. The van der Waals surface area contributed by atoms with Gasteiger partial charge in [-0.05, 0) is 11.6 Å². The van der Waals surface area contributed by atoms with E-state index in [1.165, 1.54) is 6.07 Å². The molecule has 1 aromatic heterocycles. The van der Waals surface area contributed by atoms with Gasteiger partial charge in [0, 0.05) is 35.3 Å². The van der Waals surface area contributed by atoms with E-state index >= 15 is 0 Å². The number of rotatable bonds is 5. The van der Waals surface area contributed by atoms with E-state index in [-0.39, 0.29) is 17.8 Å². The first kappa shape index (κ1) is 15.7. The first-order valence-electron chi connectivity index (χ1n) is 7.03. The molecule has 2 rings (SSSR count). The maximum Gasteiger partial charge on any atom is 0.129 e. The average Bonchev–Trinajstić information content (AvgIpc) is 2.87. The minimum Gasteiger partial charge on any atom is -0.392 e. The topological polar surface area (TPSA) is 60.9 Å². The van der Waals surface area contributed by atoms with Crippen molar-refractivity contribution in [2.75, 3.05) is 0 Å². The fourth-order valence-electron chi connectivity index (χ4n) is 2.27. The number of benzene rings is 1. The van der Waals surface area contributed by atoms with E-state index in [4.69, 9.17) is 5.11 Å². The average molecular weight is 291 g/mol. The molecule has 0 radical (unpaired) electrons. The molecule has 21 heavy (non-hydrogen) atoms. The molecule has 4 nitrogen and oxygen atoms in total. The molecule has 0 aliphatic heterocycles. The van der Waals surface area contributed by atoms with Crippen molar-refractivity contribution in [1.82, 2.24) is 15.5 Å². The molecule has 5 heteroatoms. The monoisotopic (exact) mass is 291 g/mol. The number of hydrogen-bond acceptors (Lipinski definition) is 3. The summed E-state index contributed by atoms with van der Waals surface area (Å²) in [5, 5.41) is 19.4. The van der Waals surface area contributed by atoms with Crippen molar-refractivity contribution in [2.45, 2.75) is 45.9 Å². The highest BCUT2D eigenvalue weighted by atomic mass is 19.1. The van der Waals surface area contributed by atoms with E-state index < -0.39 is 0 Å². The lowest BCUT2D eigenvalue weighted by Crippen LogP contribution is -2.19. The lowest BCUT2D eigenvalue weighted by Gasteiger charge is -2.18. The maximum absolute atomic E-state index is 13.6. The largest absolute Gasteiger partial charge is 0.392 e. The summed E-state index contributed by atoms with van der Waals surface area (Å²) in [6.07, 6.45) is 1.82. The Morgan fingerprint density at radius 3 is 2.62 bits per heavy atom. The Labute approximate surface area is 124 Å². The zero-order valence-corrected chi connectivity index (χ0v) is 12.7. The lowest BCUT2D eigenvalue weighted by atomic mass is 9.89. The van der Waals surface area contributed by atoms with Gasteiger partial charge in [-0.1, -0.05) is 32.9 Å². The van der Waals surface area contributed by atoms with Crippen molar-refractivity contribution >= 4 is 0 Å². The Kier molecular flexibility index (Phi) is 4.75. The van der Waals surface area contributed by atoms with Gasteiger partial charge < -0.3 is 10.4 Å². The number of aliphatic hydroxyl groups is 1. The first-order chi connectivity index (χ1) is 9.91.